The molecule has 1 aliphatic rings. The molecule has 6 nitrogen and oxygen atoms in total. The van der Waals surface area contributed by atoms with E-state index < -0.39 is 0 Å². The molecule has 0 radical (unpaired) electrons. The van der Waals surface area contributed by atoms with Crippen LogP contribution in [-0.4, -0.2) is 46.7 Å². The molecular weight excluding hydrogens is 304 g/mol. The Bertz CT molecular complexity index is 549. The zero-order valence-electron chi connectivity index (χ0n) is 13.7. The number of aromatic nitrogens is 2. The fourth-order valence-electron chi connectivity index (χ4n) is 2.51. The molecule has 1 aromatic rings. The van der Waals surface area contributed by atoms with E-state index in [0.717, 1.165) is 0 Å². The quantitative estimate of drug-likeness (QED) is 0.844. The van der Waals surface area contributed by atoms with Gasteiger partial charge in [-0.25, -0.2) is 4.98 Å². The topological polar surface area (TPSA) is 67.4 Å². The van der Waals surface area contributed by atoms with Gasteiger partial charge in [0.15, 0.2) is 0 Å². The lowest BCUT2D eigenvalue weighted by Gasteiger charge is -2.36. The molecular formula is C15H23ClN4O2. The Hall–Kier alpha value is -1.40. The van der Waals surface area contributed by atoms with Gasteiger partial charge in [-0.15, -0.1) is 0 Å². The van der Waals surface area contributed by atoms with Crippen LogP contribution in [0.3, 0.4) is 0 Å². The van der Waals surface area contributed by atoms with E-state index in [4.69, 9.17) is 16.3 Å². The molecule has 1 aliphatic heterocycles. The SMILES string of the molecule is C[C@@H]1CN(c2nc(Cl)ncc2C(=O)NC(C)(C)C)C[C@H](C)O1. The Labute approximate surface area is 136 Å². The molecule has 0 bridgehead atoms. The van der Waals surface area contributed by atoms with Gasteiger partial charge in [0.2, 0.25) is 5.28 Å². The number of carbonyl (C=O) groups is 1. The second kappa shape index (κ2) is 6.38. The second-order valence-electron chi connectivity index (χ2n) is 6.74. The fourth-order valence-corrected chi connectivity index (χ4v) is 2.64. The summed E-state index contributed by atoms with van der Waals surface area (Å²) >= 11 is 5.93. The van der Waals surface area contributed by atoms with Crippen molar-refractivity contribution in [3.8, 4) is 0 Å². The van der Waals surface area contributed by atoms with Crippen LogP contribution in [0.25, 0.3) is 0 Å². The summed E-state index contributed by atoms with van der Waals surface area (Å²) in [6.07, 6.45) is 1.61. The number of rotatable bonds is 2. The van der Waals surface area contributed by atoms with Gasteiger partial charge in [0.25, 0.3) is 5.91 Å². The molecule has 2 atom stereocenters. The van der Waals surface area contributed by atoms with Crippen LogP contribution in [0.2, 0.25) is 5.28 Å². The molecule has 1 fully saturated rings. The Morgan fingerprint density at radius 1 is 1.36 bits per heavy atom. The first kappa shape index (κ1) is 17.0. The predicted molar refractivity (Wildman–Crippen MR) is 86.5 cm³/mol. The van der Waals surface area contributed by atoms with E-state index in [9.17, 15) is 4.79 Å². The summed E-state index contributed by atoms with van der Waals surface area (Å²) in [6.45, 7) is 11.1. The first-order chi connectivity index (χ1) is 10.2. The summed E-state index contributed by atoms with van der Waals surface area (Å²) in [7, 11) is 0. The molecule has 2 rings (SSSR count). The number of carbonyl (C=O) groups excluding carboxylic acids is 1. The molecule has 1 N–H and O–H groups in total. The highest BCUT2D eigenvalue weighted by Gasteiger charge is 2.28. The van der Waals surface area contributed by atoms with Crippen molar-refractivity contribution in [3.63, 3.8) is 0 Å². The minimum atomic E-state index is -0.334. The summed E-state index contributed by atoms with van der Waals surface area (Å²) in [5.41, 5.74) is 0.0974. The number of hydrogen-bond acceptors (Lipinski definition) is 5. The van der Waals surface area contributed by atoms with Crippen molar-refractivity contribution in [1.82, 2.24) is 15.3 Å². The maximum Gasteiger partial charge on any atom is 0.257 e. The average molecular weight is 327 g/mol. The van der Waals surface area contributed by atoms with E-state index in [-0.39, 0.29) is 28.9 Å². The van der Waals surface area contributed by atoms with Gasteiger partial charge in [-0.05, 0) is 46.2 Å². The van der Waals surface area contributed by atoms with Crippen LogP contribution in [0.1, 0.15) is 45.0 Å². The van der Waals surface area contributed by atoms with Gasteiger partial charge in [-0.3, -0.25) is 4.79 Å². The third-order valence-corrected chi connectivity index (χ3v) is 3.37. The molecule has 122 valence electrons. The molecule has 0 saturated carbocycles. The lowest BCUT2D eigenvalue weighted by Crippen LogP contribution is -2.47. The van der Waals surface area contributed by atoms with Crippen molar-refractivity contribution < 1.29 is 9.53 Å². The van der Waals surface area contributed by atoms with Gasteiger partial charge in [0.05, 0.1) is 12.2 Å². The van der Waals surface area contributed by atoms with Gasteiger partial charge in [0.1, 0.15) is 11.4 Å². The molecule has 0 aromatic carbocycles. The maximum atomic E-state index is 12.5. The summed E-state index contributed by atoms with van der Waals surface area (Å²) < 4.78 is 5.73. The van der Waals surface area contributed by atoms with Crippen molar-refractivity contribution in [2.24, 2.45) is 0 Å². The standard InChI is InChI=1S/C15H23ClN4O2/c1-9-7-20(8-10(2)22-9)12-11(6-17-14(16)18-12)13(21)19-15(3,4)5/h6,9-10H,7-8H2,1-5H3,(H,19,21)/t9-,10+. The van der Waals surface area contributed by atoms with Crippen LogP contribution >= 0.6 is 11.6 Å². The van der Waals surface area contributed by atoms with Gasteiger partial charge >= 0.3 is 0 Å². The van der Waals surface area contributed by atoms with Crippen LogP contribution < -0.4 is 10.2 Å². The largest absolute Gasteiger partial charge is 0.372 e. The van der Waals surface area contributed by atoms with E-state index in [1.54, 1.807) is 0 Å². The van der Waals surface area contributed by atoms with Gasteiger partial charge in [-0.2, -0.15) is 4.98 Å². The lowest BCUT2D eigenvalue weighted by molar-refractivity contribution is -0.00553. The van der Waals surface area contributed by atoms with Crippen LogP contribution in [0.4, 0.5) is 5.82 Å². The van der Waals surface area contributed by atoms with E-state index in [1.165, 1.54) is 6.20 Å². The third kappa shape index (κ3) is 4.30. The summed E-state index contributed by atoms with van der Waals surface area (Å²) in [5, 5.41) is 3.07. The second-order valence-corrected chi connectivity index (χ2v) is 7.08. The molecule has 1 aromatic heterocycles. The van der Waals surface area contributed by atoms with Crippen LogP contribution in [0, 0.1) is 0 Å². The Balaban J connectivity index is 2.33. The molecule has 7 heteroatoms. The summed E-state index contributed by atoms with van der Waals surface area (Å²) in [6, 6.07) is 0. The zero-order chi connectivity index (χ0) is 16.5. The monoisotopic (exact) mass is 326 g/mol. The van der Waals surface area contributed by atoms with Gasteiger partial charge in [0, 0.05) is 24.8 Å². The van der Waals surface area contributed by atoms with E-state index in [0.29, 0.717) is 24.5 Å². The number of anilines is 1. The molecule has 1 amide bonds. The molecule has 1 saturated heterocycles. The molecule has 2 heterocycles. The number of amides is 1. The Morgan fingerprint density at radius 2 is 1.95 bits per heavy atom. The normalized spacial score (nSPS) is 22.5. The highest BCUT2D eigenvalue weighted by Crippen LogP contribution is 2.24. The number of nitrogens with one attached hydrogen (secondary N) is 1. The summed E-state index contributed by atoms with van der Waals surface area (Å²) in [5.74, 6) is 0.356. The smallest absolute Gasteiger partial charge is 0.257 e. The van der Waals surface area contributed by atoms with E-state index in [2.05, 4.69) is 15.3 Å². The maximum absolute atomic E-state index is 12.5. The Morgan fingerprint density at radius 3 is 2.50 bits per heavy atom. The van der Waals surface area contributed by atoms with Gasteiger partial charge in [-0.1, -0.05) is 0 Å². The van der Waals surface area contributed by atoms with E-state index >= 15 is 0 Å². The number of nitrogens with zero attached hydrogens (tertiary/aromatic N) is 3. The number of ether oxygens (including phenoxy) is 1. The molecule has 0 aliphatic carbocycles. The van der Waals surface area contributed by atoms with Crippen molar-refractivity contribution in [2.45, 2.75) is 52.4 Å². The zero-order valence-corrected chi connectivity index (χ0v) is 14.4. The average Bonchev–Trinajstić information content (AvgIpc) is 2.35. The van der Waals surface area contributed by atoms with Crippen molar-refractivity contribution >= 4 is 23.3 Å². The molecule has 0 unspecified atom stereocenters. The minimum Gasteiger partial charge on any atom is -0.372 e. The van der Waals surface area contributed by atoms with E-state index in [1.807, 2.05) is 39.5 Å². The Kier molecular flexibility index (Phi) is 4.92. The first-order valence-electron chi connectivity index (χ1n) is 7.41. The minimum absolute atomic E-state index is 0.0658. The van der Waals surface area contributed by atoms with Gasteiger partial charge < -0.3 is 15.0 Å². The van der Waals surface area contributed by atoms with Crippen LogP contribution in [-0.2, 0) is 4.74 Å². The van der Waals surface area contributed by atoms with Crippen LogP contribution in [0.5, 0.6) is 0 Å². The fraction of sp³-hybridized carbons (Fsp3) is 0.667. The first-order valence-corrected chi connectivity index (χ1v) is 7.79. The number of hydrogen-bond donors (Lipinski definition) is 1. The van der Waals surface area contributed by atoms with Crippen molar-refractivity contribution in [2.75, 3.05) is 18.0 Å². The number of morpholine rings is 1. The highest BCUT2D eigenvalue weighted by molar-refractivity contribution is 6.28. The molecule has 0 spiro atoms. The molecule has 22 heavy (non-hydrogen) atoms. The van der Waals surface area contributed by atoms with Crippen molar-refractivity contribution in [3.05, 3.63) is 17.0 Å². The highest BCUT2D eigenvalue weighted by atomic mass is 35.5. The summed E-state index contributed by atoms with van der Waals surface area (Å²) in [4.78, 5) is 22.8. The lowest BCUT2D eigenvalue weighted by atomic mass is 10.1. The number of halogens is 1. The predicted octanol–water partition coefficient (Wildman–Crippen LogP) is 2.27. The van der Waals surface area contributed by atoms with Crippen LogP contribution in [0.15, 0.2) is 6.20 Å². The third-order valence-electron chi connectivity index (χ3n) is 3.19. The van der Waals surface area contributed by atoms with Crippen molar-refractivity contribution in [1.29, 1.82) is 0 Å².